The molecule has 1 aliphatic heterocycles. The Kier molecular flexibility index (Phi) is 6.86. The third-order valence-electron chi connectivity index (χ3n) is 4.93. The number of morpholine rings is 1. The number of rotatable bonds is 6. The van der Waals surface area contributed by atoms with Gasteiger partial charge in [0.2, 0.25) is 10.0 Å². The molecule has 1 saturated heterocycles. The van der Waals surface area contributed by atoms with E-state index >= 15 is 0 Å². The zero-order valence-corrected chi connectivity index (χ0v) is 17.8. The minimum atomic E-state index is -3.72. The summed E-state index contributed by atoms with van der Waals surface area (Å²) < 4.78 is 32.9. The first-order valence-corrected chi connectivity index (χ1v) is 11.1. The van der Waals surface area contributed by atoms with E-state index in [0.29, 0.717) is 49.5 Å². The number of hydrogen-bond acceptors (Lipinski definition) is 5. The molecule has 1 heterocycles. The summed E-state index contributed by atoms with van der Waals surface area (Å²) >= 11 is 0. The second-order valence-electron chi connectivity index (χ2n) is 6.80. The summed E-state index contributed by atoms with van der Waals surface area (Å²) in [7, 11) is -2.18. The maximum Gasteiger partial charge on any atom is 0.255 e. The highest BCUT2D eigenvalue weighted by Gasteiger charge is 2.29. The van der Waals surface area contributed by atoms with Gasteiger partial charge in [0.1, 0.15) is 0 Å². The van der Waals surface area contributed by atoms with Crippen molar-refractivity contribution in [2.75, 3.05) is 38.7 Å². The second kappa shape index (κ2) is 9.38. The molecule has 2 amide bonds. The van der Waals surface area contributed by atoms with Crippen LogP contribution in [-0.4, -0.2) is 57.9 Å². The van der Waals surface area contributed by atoms with Gasteiger partial charge in [-0.3, -0.25) is 9.59 Å². The fourth-order valence-corrected chi connectivity index (χ4v) is 4.93. The SMILES string of the molecule is CCc1ccc(C(=O)Nc2ccc(C(=O)NC)cc2)cc1S(=O)(=O)N1CCOCC1. The Hall–Kier alpha value is -2.75. The molecular weight excluding hydrogens is 406 g/mol. The molecule has 0 atom stereocenters. The molecule has 0 spiro atoms. The van der Waals surface area contributed by atoms with Crippen LogP contribution in [0.2, 0.25) is 0 Å². The summed E-state index contributed by atoms with van der Waals surface area (Å²) in [4.78, 5) is 24.5. The minimum absolute atomic E-state index is 0.148. The van der Waals surface area contributed by atoms with Gasteiger partial charge in [-0.2, -0.15) is 4.31 Å². The van der Waals surface area contributed by atoms with Crippen molar-refractivity contribution < 1.29 is 22.7 Å². The maximum absolute atomic E-state index is 13.1. The van der Waals surface area contributed by atoms with Crippen LogP contribution in [0.1, 0.15) is 33.2 Å². The molecule has 3 rings (SSSR count). The van der Waals surface area contributed by atoms with E-state index in [4.69, 9.17) is 4.74 Å². The summed E-state index contributed by atoms with van der Waals surface area (Å²) in [5.74, 6) is -0.648. The average molecular weight is 432 g/mol. The topological polar surface area (TPSA) is 105 Å². The van der Waals surface area contributed by atoms with Crippen LogP contribution in [0.25, 0.3) is 0 Å². The van der Waals surface area contributed by atoms with E-state index in [1.54, 1.807) is 43.4 Å². The fourth-order valence-electron chi connectivity index (χ4n) is 3.21. The highest BCUT2D eigenvalue weighted by atomic mass is 32.2. The molecule has 0 radical (unpaired) electrons. The lowest BCUT2D eigenvalue weighted by molar-refractivity contribution is 0.0730. The Morgan fingerprint density at radius 3 is 2.23 bits per heavy atom. The Bertz CT molecular complexity index is 1030. The third-order valence-corrected chi connectivity index (χ3v) is 6.91. The second-order valence-corrected chi connectivity index (χ2v) is 8.71. The molecule has 2 aromatic rings. The van der Waals surface area contributed by atoms with E-state index in [-0.39, 0.29) is 16.4 Å². The van der Waals surface area contributed by atoms with Gasteiger partial charge in [-0.05, 0) is 48.4 Å². The van der Waals surface area contributed by atoms with Gasteiger partial charge in [-0.1, -0.05) is 13.0 Å². The first kappa shape index (κ1) is 21.9. The van der Waals surface area contributed by atoms with E-state index in [1.165, 1.54) is 10.4 Å². The van der Waals surface area contributed by atoms with Crippen LogP contribution >= 0.6 is 0 Å². The van der Waals surface area contributed by atoms with Crippen molar-refractivity contribution in [3.63, 3.8) is 0 Å². The molecule has 0 aliphatic carbocycles. The smallest absolute Gasteiger partial charge is 0.255 e. The molecule has 8 nitrogen and oxygen atoms in total. The Morgan fingerprint density at radius 2 is 1.63 bits per heavy atom. The molecule has 0 saturated carbocycles. The van der Waals surface area contributed by atoms with Crippen LogP contribution in [0.3, 0.4) is 0 Å². The number of benzene rings is 2. The summed E-state index contributed by atoms with van der Waals surface area (Å²) in [5.41, 5.74) is 1.88. The van der Waals surface area contributed by atoms with Gasteiger partial charge in [0, 0.05) is 37.0 Å². The number of anilines is 1. The molecule has 0 bridgehead atoms. The monoisotopic (exact) mass is 431 g/mol. The predicted molar refractivity (Wildman–Crippen MR) is 113 cm³/mol. The van der Waals surface area contributed by atoms with Crippen LogP contribution < -0.4 is 10.6 Å². The quantitative estimate of drug-likeness (QED) is 0.727. The molecule has 2 N–H and O–H groups in total. The normalized spacial score (nSPS) is 14.9. The standard InChI is InChI=1S/C21H25N3O5S/c1-3-15-4-5-17(14-19(15)30(27,28)24-10-12-29-13-11-24)21(26)23-18-8-6-16(7-9-18)20(25)22-2/h4-9,14H,3,10-13H2,1-2H3,(H,22,25)(H,23,26). The van der Waals surface area contributed by atoms with E-state index in [0.717, 1.165) is 0 Å². The van der Waals surface area contributed by atoms with Gasteiger partial charge in [0.15, 0.2) is 0 Å². The summed E-state index contributed by atoms with van der Waals surface area (Å²) in [6.07, 6.45) is 0.530. The molecule has 160 valence electrons. The lowest BCUT2D eigenvalue weighted by atomic mass is 10.1. The number of amides is 2. The summed E-state index contributed by atoms with van der Waals surface area (Å²) in [5, 5.41) is 5.27. The number of carbonyl (C=O) groups is 2. The number of hydrogen-bond donors (Lipinski definition) is 2. The van der Waals surface area contributed by atoms with Crippen molar-refractivity contribution in [1.82, 2.24) is 9.62 Å². The van der Waals surface area contributed by atoms with Crippen molar-refractivity contribution in [3.8, 4) is 0 Å². The lowest BCUT2D eigenvalue weighted by Gasteiger charge is -2.27. The van der Waals surface area contributed by atoms with Crippen LogP contribution in [-0.2, 0) is 21.2 Å². The lowest BCUT2D eigenvalue weighted by Crippen LogP contribution is -2.41. The van der Waals surface area contributed by atoms with Crippen LogP contribution in [0.4, 0.5) is 5.69 Å². The average Bonchev–Trinajstić information content (AvgIpc) is 2.79. The van der Waals surface area contributed by atoms with Crippen LogP contribution in [0.5, 0.6) is 0 Å². The predicted octanol–water partition coefficient (Wildman–Crippen LogP) is 1.88. The van der Waals surface area contributed by atoms with Gasteiger partial charge in [0.25, 0.3) is 11.8 Å². The van der Waals surface area contributed by atoms with Gasteiger partial charge in [0.05, 0.1) is 18.1 Å². The molecule has 9 heteroatoms. The van der Waals surface area contributed by atoms with Gasteiger partial charge >= 0.3 is 0 Å². The van der Waals surface area contributed by atoms with Crippen molar-refractivity contribution in [1.29, 1.82) is 0 Å². The minimum Gasteiger partial charge on any atom is -0.379 e. The number of nitrogens with zero attached hydrogens (tertiary/aromatic N) is 1. The zero-order chi connectivity index (χ0) is 21.7. The maximum atomic E-state index is 13.1. The van der Waals surface area contributed by atoms with Crippen molar-refractivity contribution in [2.45, 2.75) is 18.2 Å². The van der Waals surface area contributed by atoms with E-state index in [2.05, 4.69) is 10.6 Å². The molecular formula is C21H25N3O5S. The largest absolute Gasteiger partial charge is 0.379 e. The molecule has 2 aromatic carbocycles. The fraction of sp³-hybridized carbons (Fsp3) is 0.333. The highest BCUT2D eigenvalue weighted by molar-refractivity contribution is 7.89. The summed E-state index contributed by atoms with van der Waals surface area (Å²) in [6, 6.07) is 11.2. The number of carbonyl (C=O) groups excluding carboxylic acids is 2. The Balaban J connectivity index is 1.85. The zero-order valence-electron chi connectivity index (χ0n) is 17.0. The van der Waals surface area contributed by atoms with E-state index in [9.17, 15) is 18.0 Å². The van der Waals surface area contributed by atoms with Crippen LogP contribution in [0.15, 0.2) is 47.4 Å². The first-order valence-electron chi connectivity index (χ1n) is 9.71. The molecule has 1 aliphatic rings. The molecule has 0 unspecified atom stereocenters. The number of sulfonamides is 1. The number of aryl methyl sites for hydroxylation is 1. The molecule has 30 heavy (non-hydrogen) atoms. The Labute approximate surface area is 176 Å². The first-order chi connectivity index (χ1) is 14.4. The molecule has 0 aromatic heterocycles. The van der Waals surface area contributed by atoms with Crippen molar-refractivity contribution in [2.24, 2.45) is 0 Å². The van der Waals surface area contributed by atoms with Gasteiger partial charge < -0.3 is 15.4 Å². The summed E-state index contributed by atoms with van der Waals surface area (Å²) in [6.45, 7) is 3.17. The van der Waals surface area contributed by atoms with Crippen LogP contribution in [0, 0.1) is 0 Å². The number of nitrogens with one attached hydrogen (secondary N) is 2. The van der Waals surface area contributed by atoms with Gasteiger partial charge in [-0.15, -0.1) is 0 Å². The van der Waals surface area contributed by atoms with E-state index < -0.39 is 15.9 Å². The number of ether oxygens (including phenoxy) is 1. The van der Waals surface area contributed by atoms with Crippen molar-refractivity contribution >= 4 is 27.5 Å². The van der Waals surface area contributed by atoms with Gasteiger partial charge in [-0.25, -0.2) is 8.42 Å². The Morgan fingerprint density at radius 1 is 1.00 bits per heavy atom. The van der Waals surface area contributed by atoms with Crippen molar-refractivity contribution in [3.05, 3.63) is 59.2 Å². The third kappa shape index (κ3) is 4.69. The van der Waals surface area contributed by atoms with E-state index in [1.807, 2.05) is 6.92 Å². The molecule has 1 fully saturated rings. The highest BCUT2D eigenvalue weighted by Crippen LogP contribution is 2.24.